The van der Waals surface area contributed by atoms with Crippen LogP contribution >= 0.6 is 11.8 Å². The molecule has 1 atom stereocenters. The highest BCUT2D eigenvalue weighted by Crippen LogP contribution is 2.24. The van der Waals surface area contributed by atoms with Crippen molar-refractivity contribution in [1.29, 1.82) is 0 Å². The summed E-state index contributed by atoms with van der Waals surface area (Å²) in [7, 11) is 0. The molecule has 152 valence electrons. The Bertz CT molecular complexity index is 1190. The van der Waals surface area contributed by atoms with E-state index in [0.29, 0.717) is 11.5 Å². The standard InChI is InChI=1S/C21H18FN5O2S/c1-13-24-19(26-29-13)18(16-8-3-4-9-17(16)22)25-20(28)14-6-5-7-15(12-14)27-11-10-23-21(27)30-2/h3-12,18H,1-2H3,(H,25,28). The summed E-state index contributed by atoms with van der Waals surface area (Å²) in [5, 5.41) is 7.51. The minimum Gasteiger partial charge on any atom is -0.340 e. The van der Waals surface area contributed by atoms with E-state index in [9.17, 15) is 9.18 Å². The number of halogens is 1. The van der Waals surface area contributed by atoms with E-state index in [4.69, 9.17) is 4.52 Å². The summed E-state index contributed by atoms with van der Waals surface area (Å²) in [6.45, 7) is 1.63. The first-order chi connectivity index (χ1) is 14.6. The fraction of sp³-hybridized carbons (Fsp3) is 0.143. The van der Waals surface area contributed by atoms with Gasteiger partial charge in [0, 0.05) is 36.1 Å². The molecule has 1 N–H and O–H groups in total. The summed E-state index contributed by atoms with van der Waals surface area (Å²) in [4.78, 5) is 21.5. The Morgan fingerprint density at radius 2 is 2.07 bits per heavy atom. The quantitative estimate of drug-likeness (QED) is 0.473. The number of aryl methyl sites for hydroxylation is 1. The number of imidazole rings is 1. The van der Waals surface area contributed by atoms with Crippen molar-refractivity contribution >= 4 is 17.7 Å². The van der Waals surface area contributed by atoms with Crippen molar-refractivity contribution in [3.63, 3.8) is 0 Å². The molecule has 1 unspecified atom stereocenters. The Hall–Kier alpha value is -3.46. The van der Waals surface area contributed by atoms with Crippen LogP contribution in [0.5, 0.6) is 0 Å². The van der Waals surface area contributed by atoms with Crippen LogP contribution in [-0.4, -0.2) is 31.9 Å². The summed E-state index contributed by atoms with van der Waals surface area (Å²) in [5.74, 6) is -0.353. The Labute approximate surface area is 176 Å². The number of benzene rings is 2. The fourth-order valence-electron chi connectivity index (χ4n) is 3.07. The number of hydrogen-bond donors (Lipinski definition) is 1. The van der Waals surface area contributed by atoms with E-state index in [0.717, 1.165) is 10.8 Å². The van der Waals surface area contributed by atoms with Gasteiger partial charge >= 0.3 is 0 Å². The Balaban J connectivity index is 1.67. The molecule has 2 heterocycles. The molecule has 1 amide bonds. The smallest absolute Gasteiger partial charge is 0.252 e. The molecule has 0 radical (unpaired) electrons. The second-order valence-corrected chi connectivity index (χ2v) is 7.21. The fourth-order valence-corrected chi connectivity index (χ4v) is 3.60. The van der Waals surface area contributed by atoms with Crippen LogP contribution in [0.15, 0.2) is 70.6 Å². The van der Waals surface area contributed by atoms with Gasteiger partial charge in [-0.05, 0) is 30.5 Å². The van der Waals surface area contributed by atoms with Gasteiger partial charge in [0.05, 0.1) is 0 Å². The molecular weight excluding hydrogens is 405 g/mol. The van der Waals surface area contributed by atoms with Crippen molar-refractivity contribution in [1.82, 2.24) is 25.0 Å². The molecule has 4 rings (SSSR count). The Morgan fingerprint density at radius 1 is 1.23 bits per heavy atom. The van der Waals surface area contributed by atoms with E-state index in [1.54, 1.807) is 49.5 Å². The van der Waals surface area contributed by atoms with Gasteiger partial charge in [0.2, 0.25) is 5.89 Å². The zero-order chi connectivity index (χ0) is 21.1. The van der Waals surface area contributed by atoms with Crippen LogP contribution in [0.2, 0.25) is 0 Å². The summed E-state index contributed by atoms with van der Waals surface area (Å²) >= 11 is 1.50. The van der Waals surface area contributed by atoms with Gasteiger partial charge in [0.1, 0.15) is 11.9 Å². The van der Waals surface area contributed by atoms with E-state index >= 15 is 0 Å². The van der Waals surface area contributed by atoms with Crippen LogP contribution in [0.4, 0.5) is 4.39 Å². The Morgan fingerprint density at radius 3 is 2.80 bits per heavy atom. The highest BCUT2D eigenvalue weighted by Gasteiger charge is 2.25. The van der Waals surface area contributed by atoms with Gasteiger partial charge in [-0.1, -0.05) is 41.2 Å². The van der Waals surface area contributed by atoms with E-state index < -0.39 is 17.8 Å². The number of carbonyl (C=O) groups is 1. The van der Waals surface area contributed by atoms with Gasteiger partial charge < -0.3 is 9.84 Å². The highest BCUT2D eigenvalue weighted by atomic mass is 32.2. The van der Waals surface area contributed by atoms with Gasteiger partial charge in [-0.15, -0.1) is 0 Å². The van der Waals surface area contributed by atoms with Crippen molar-refractivity contribution in [2.24, 2.45) is 0 Å². The number of carbonyl (C=O) groups excluding carboxylic acids is 1. The average Bonchev–Trinajstić information content (AvgIpc) is 3.41. The Kier molecular flexibility index (Phi) is 5.62. The first-order valence-corrected chi connectivity index (χ1v) is 10.3. The van der Waals surface area contributed by atoms with Crippen molar-refractivity contribution < 1.29 is 13.7 Å². The van der Waals surface area contributed by atoms with Crippen LogP contribution in [0.25, 0.3) is 5.69 Å². The largest absolute Gasteiger partial charge is 0.340 e. The molecular formula is C21H18FN5O2S. The lowest BCUT2D eigenvalue weighted by Crippen LogP contribution is -2.30. The van der Waals surface area contributed by atoms with Gasteiger partial charge in [-0.25, -0.2) is 9.37 Å². The average molecular weight is 423 g/mol. The van der Waals surface area contributed by atoms with Gasteiger partial charge in [0.15, 0.2) is 11.0 Å². The zero-order valence-electron chi connectivity index (χ0n) is 16.2. The van der Waals surface area contributed by atoms with Crippen molar-refractivity contribution in [3.8, 4) is 5.69 Å². The molecule has 30 heavy (non-hydrogen) atoms. The molecule has 0 saturated carbocycles. The molecule has 0 bridgehead atoms. The predicted octanol–water partition coefficient (Wildman–Crippen LogP) is 3.94. The topological polar surface area (TPSA) is 85.8 Å². The molecule has 0 aliphatic rings. The normalized spacial score (nSPS) is 12.0. The molecule has 0 spiro atoms. The van der Waals surface area contributed by atoms with E-state index in [1.807, 2.05) is 23.1 Å². The van der Waals surface area contributed by atoms with Crippen LogP contribution < -0.4 is 5.32 Å². The number of hydrogen-bond acceptors (Lipinski definition) is 6. The maximum absolute atomic E-state index is 14.5. The summed E-state index contributed by atoms with van der Waals surface area (Å²) in [6.07, 6.45) is 5.46. The summed E-state index contributed by atoms with van der Waals surface area (Å²) in [6, 6.07) is 12.4. The molecule has 0 saturated heterocycles. The molecule has 2 aromatic heterocycles. The molecule has 0 aliphatic heterocycles. The van der Waals surface area contributed by atoms with Gasteiger partial charge in [-0.2, -0.15) is 4.98 Å². The monoisotopic (exact) mass is 423 g/mol. The molecule has 0 aliphatic carbocycles. The van der Waals surface area contributed by atoms with Crippen LogP contribution in [0.1, 0.15) is 33.7 Å². The second-order valence-electron chi connectivity index (χ2n) is 6.43. The lowest BCUT2D eigenvalue weighted by molar-refractivity contribution is 0.0940. The lowest BCUT2D eigenvalue weighted by Gasteiger charge is -2.17. The molecule has 0 fully saturated rings. The van der Waals surface area contributed by atoms with Crippen LogP contribution in [0.3, 0.4) is 0 Å². The SMILES string of the molecule is CSc1nccn1-c1cccc(C(=O)NC(c2noc(C)n2)c2ccccc2F)c1. The molecule has 7 nitrogen and oxygen atoms in total. The van der Waals surface area contributed by atoms with Gasteiger partial charge in [0.25, 0.3) is 5.91 Å². The number of rotatable bonds is 6. The summed E-state index contributed by atoms with van der Waals surface area (Å²) in [5.41, 5.74) is 1.46. The lowest BCUT2D eigenvalue weighted by atomic mass is 10.0. The minimum absolute atomic E-state index is 0.182. The number of thioether (sulfide) groups is 1. The third-order valence-corrected chi connectivity index (χ3v) is 5.14. The first-order valence-electron chi connectivity index (χ1n) is 9.10. The number of nitrogens with one attached hydrogen (secondary N) is 1. The number of amides is 1. The van der Waals surface area contributed by atoms with E-state index in [2.05, 4.69) is 20.4 Å². The van der Waals surface area contributed by atoms with Crippen LogP contribution in [-0.2, 0) is 0 Å². The third kappa shape index (κ3) is 3.97. The van der Waals surface area contributed by atoms with Crippen molar-refractivity contribution in [3.05, 3.63) is 89.6 Å². The second kappa shape index (κ2) is 8.50. The first kappa shape index (κ1) is 19.8. The van der Waals surface area contributed by atoms with Gasteiger partial charge in [-0.3, -0.25) is 9.36 Å². The maximum atomic E-state index is 14.5. The van der Waals surface area contributed by atoms with E-state index in [1.165, 1.54) is 17.8 Å². The number of nitrogens with zero attached hydrogens (tertiary/aromatic N) is 4. The van der Waals surface area contributed by atoms with Crippen LogP contribution in [0, 0.1) is 12.7 Å². The third-order valence-electron chi connectivity index (χ3n) is 4.47. The maximum Gasteiger partial charge on any atom is 0.252 e. The molecule has 4 aromatic rings. The molecule has 9 heteroatoms. The molecule has 2 aromatic carbocycles. The minimum atomic E-state index is -0.894. The number of aromatic nitrogens is 4. The van der Waals surface area contributed by atoms with E-state index in [-0.39, 0.29) is 11.4 Å². The summed E-state index contributed by atoms with van der Waals surface area (Å²) < 4.78 is 21.4. The zero-order valence-corrected chi connectivity index (χ0v) is 17.1. The van der Waals surface area contributed by atoms with Crippen molar-refractivity contribution in [2.75, 3.05) is 6.26 Å². The highest BCUT2D eigenvalue weighted by molar-refractivity contribution is 7.98. The van der Waals surface area contributed by atoms with Crippen molar-refractivity contribution in [2.45, 2.75) is 18.1 Å². The predicted molar refractivity (Wildman–Crippen MR) is 110 cm³/mol.